The summed E-state index contributed by atoms with van der Waals surface area (Å²) in [7, 11) is 0. The number of benzene rings is 2. The van der Waals surface area contributed by atoms with E-state index in [4.69, 9.17) is 0 Å². The summed E-state index contributed by atoms with van der Waals surface area (Å²) in [5.41, 5.74) is 3.95. The maximum atomic E-state index is 12.5. The van der Waals surface area contributed by atoms with E-state index in [0.29, 0.717) is 0 Å². The fraction of sp³-hybridized carbons (Fsp3) is 0.174. The molecular formula is C23H22BrN3O2. The molecule has 0 aliphatic heterocycles. The molecule has 6 heteroatoms. The third-order valence-corrected chi connectivity index (χ3v) is 4.96. The van der Waals surface area contributed by atoms with Gasteiger partial charge in [-0.15, -0.1) is 0 Å². The zero-order valence-corrected chi connectivity index (χ0v) is 17.6. The predicted molar refractivity (Wildman–Crippen MR) is 117 cm³/mol. The minimum Gasteiger partial charge on any atom is -0.349 e. The number of hydrogen-bond acceptors (Lipinski definition) is 3. The molecule has 0 bridgehead atoms. The summed E-state index contributed by atoms with van der Waals surface area (Å²) in [5, 5.41) is 5.76. The maximum absolute atomic E-state index is 12.5. The molecule has 1 unspecified atom stereocenters. The predicted octanol–water partition coefficient (Wildman–Crippen LogP) is 4.64. The van der Waals surface area contributed by atoms with Crippen molar-refractivity contribution in [3.05, 3.63) is 94.2 Å². The summed E-state index contributed by atoms with van der Waals surface area (Å²) in [5.74, 6) is -0.334. The highest BCUT2D eigenvalue weighted by Gasteiger charge is 2.17. The van der Waals surface area contributed by atoms with Crippen LogP contribution in [-0.4, -0.2) is 16.8 Å². The first-order chi connectivity index (χ1) is 14.0. The van der Waals surface area contributed by atoms with E-state index < -0.39 is 0 Å². The number of nitrogens with one attached hydrogen (secondary N) is 2. The quantitative estimate of drug-likeness (QED) is 0.549. The van der Waals surface area contributed by atoms with Gasteiger partial charge in [0, 0.05) is 29.5 Å². The summed E-state index contributed by atoms with van der Waals surface area (Å²) in [4.78, 5) is 28.1. The first kappa shape index (κ1) is 20.7. The number of carbonyl (C=O) groups excluding carboxylic acids is 2. The number of halogens is 1. The van der Waals surface area contributed by atoms with Crippen LogP contribution in [-0.2, 0) is 16.0 Å². The van der Waals surface area contributed by atoms with Crippen LogP contribution in [0, 0.1) is 0 Å². The molecule has 1 heterocycles. The summed E-state index contributed by atoms with van der Waals surface area (Å²) in [6.45, 7) is 1.45. The van der Waals surface area contributed by atoms with Crippen molar-refractivity contribution < 1.29 is 9.59 Å². The largest absolute Gasteiger partial charge is 0.349 e. The molecule has 29 heavy (non-hydrogen) atoms. The van der Waals surface area contributed by atoms with Crippen molar-refractivity contribution in [3.63, 3.8) is 0 Å². The van der Waals surface area contributed by atoms with Gasteiger partial charge in [-0.05, 0) is 59.5 Å². The molecule has 0 radical (unpaired) electrons. The molecular weight excluding hydrogens is 430 g/mol. The minimum absolute atomic E-state index is 0.153. The monoisotopic (exact) mass is 451 g/mol. The number of amides is 2. The second kappa shape index (κ2) is 9.98. The Bertz CT molecular complexity index is 958. The Hall–Kier alpha value is -2.99. The van der Waals surface area contributed by atoms with Gasteiger partial charge < -0.3 is 10.6 Å². The number of carbonyl (C=O) groups is 2. The van der Waals surface area contributed by atoms with Gasteiger partial charge in [-0.2, -0.15) is 0 Å². The first-order valence-corrected chi connectivity index (χ1v) is 10.1. The van der Waals surface area contributed by atoms with E-state index in [2.05, 4.69) is 31.5 Å². The third kappa shape index (κ3) is 6.54. The second-order valence-corrected chi connectivity index (χ2v) is 7.70. The van der Waals surface area contributed by atoms with Crippen molar-refractivity contribution in [2.45, 2.75) is 25.8 Å². The van der Waals surface area contributed by atoms with Crippen molar-refractivity contribution >= 4 is 33.4 Å². The average Bonchev–Trinajstić information content (AvgIpc) is 2.70. The van der Waals surface area contributed by atoms with Gasteiger partial charge >= 0.3 is 0 Å². The van der Waals surface area contributed by atoms with E-state index in [9.17, 15) is 9.59 Å². The van der Waals surface area contributed by atoms with Crippen molar-refractivity contribution in [2.75, 3.05) is 5.32 Å². The fourth-order valence-electron chi connectivity index (χ4n) is 3.03. The molecule has 0 aliphatic rings. The van der Waals surface area contributed by atoms with Crippen LogP contribution in [0.5, 0.6) is 0 Å². The van der Waals surface area contributed by atoms with E-state index in [1.165, 1.54) is 12.5 Å². The molecule has 0 saturated heterocycles. The molecule has 0 spiro atoms. The van der Waals surface area contributed by atoms with Crippen LogP contribution in [0.4, 0.5) is 5.69 Å². The number of nitrogens with zero attached hydrogens (tertiary/aromatic N) is 1. The van der Waals surface area contributed by atoms with Crippen LogP contribution in [0.2, 0.25) is 0 Å². The Morgan fingerprint density at radius 2 is 1.55 bits per heavy atom. The molecule has 2 N–H and O–H groups in total. The summed E-state index contributed by atoms with van der Waals surface area (Å²) >= 11 is 3.40. The van der Waals surface area contributed by atoms with Crippen LogP contribution in [0.15, 0.2) is 77.5 Å². The van der Waals surface area contributed by atoms with Crippen LogP contribution in [0.3, 0.4) is 0 Å². The number of rotatable bonds is 7. The molecule has 2 aromatic carbocycles. The molecule has 3 aromatic rings. The smallest absolute Gasteiger partial charge is 0.226 e. The standard InChI is InChI=1S/C23H22BrN3O2/c1-16(28)26-22(19-4-6-20(24)7-5-19)15-23(29)27-21-8-2-17(3-9-21)14-18-10-12-25-13-11-18/h2-13,22H,14-15H2,1H3,(H,26,28)(H,27,29). The molecule has 3 rings (SSSR count). The molecule has 1 atom stereocenters. The number of pyridine rings is 1. The summed E-state index contributed by atoms with van der Waals surface area (Å²) in [6, 6.07) is 18.9. The fourth-order valence-corrected chi connectivity index (χ4v) is 3.30. The van der Waals surface area contributed by atoms with Crippen LogP contribution >= 0.6 is 15.9 Å². The Kier molecular flexibility index (Phi) is 7.14. The van der Waals surface area contributed by atoms with Gasteiger partial charge in [0.2, 0.25) is 11.8 Å². The highest BCUT2D eigenvalue weighted by atomic mass is 79.9. The van der Waals surface area contributed by atoms with Gasteiger partial charge in [0.25, 0.3) is 0 Å². The Labute approximate surface area is 178 Å². The normalized spacial score (nSPS) is 11.5. The second-order valence-electron chi connectivity index (χ2n) is 6.79. The molecule has 148 valence electrons. The van der Waals surface area contributed by atoms with E-state index >= 15 is 0 Å². The lowest BCUT2D eigenvalue weighted by Gasteiger charge is -2.18. The Balaban J connectivity index is 1.62. The highest BCUT2D eigenvalue weighted by Crippen LogP contribution is 2.21. The minimum atomic E-state index is -0.383. The van der Waals surface area contributed by atoms with E-state index in [1.807, 2.05) is 60.7 Å². The topological polar surface area (TPSA) is 71.1 Å². The molecule has 0 aliphatic carbocycles. The summed E-state index contributed by atoms with van der Waals surface area (Å²) < 4.78 is 0.944. The van der Waals surface area contributed by atoms with Gasteiger partial charge in [0.1, 0.15) is 0 Å². The maximum Gasteiger partial charge on any atom is 0.226 e. The van der Waals surface area contributed by atoms with Gasteiger partial charge in [-0.3, -0.25) is 14.6 Å². The lowest BCUT2D eigenvalue weighted by molar-refractivity contribution is -0.120. The van der Waals surface area contributed by atoms with Gasteiger partial charge in [-0.1, -0.05) is 40.2 Å². The number of hydrogen-bond donors (Lipinski definition) is 2. The van der Waals surface area contributed by atoms with Crippen molar-refractivity contribution in [1.82, 2.24) is 10.3 Å². The Morgan fingerprint density at radius 1 is 0.931 bits per heavy atom. The lowest BCUT2D eigenvalue weighted by Crippen LogP contribution is -2.29. The van der Waals surface area contributed by atoms with Crippen LogP contribution in [0.25, 0.3) is 0 Å². The van der Waals surface area contributed by atoms with Gasteiger partial charge in [0.15, 0.2) is 0 Å². The lowest BCUT2D eigenvalue weighted by atomic mass is 10.0. The molecule has 0 saturated carbocycles. The molecule has 0 fully saturated rings. The average molecular weight is 452 g/mol. The van der Waals surface area contributed by atoms with E-state index in [1.54, 1.807) is 12.4 Å². The van der Waals surface area contributed by atoms with Crippen molar-refractivity contribution in [2.24, 2.45) is 0 Å². The van der Waals surface area contributed by atoms with Gasteiger partial charge in [-0.25, -0.2) is 0 Å². The van der Waals surface area contributed by atoms with E-state index in [0.717, 1.165) is 27.7 Å². The van der Waals surface area contributed by atoms with Gasteiger partial charge in [0.05, 0.1) is 12.5 Å². The SMILES string of the molecule is CC(=O)NC(CC(=O)Nc1ccc(Cc2ccncc2)cc1)c1ccc(Br)cc1. The van der Waals surface area contributed by atoms with Crippen molar-refractivity contribution in [1.29, 1.82) is 0 Å². The molecule has 2 amide bonds. The first-order valence-electron chi connectivity index (χ1n) is 9.30. The number of aromatic nitrogens is 1. The van der Waals surface area contributed by atoms with Crippen LogP contribution < -0.4 is 10.6 Å². The van der Waals surface area contributed by atoms with E-state index in [-0.39, 0.29) is 24.3 Å². The summed E-state index contributed by atoms with van der Waals surface area (Å²) in [6.07, 6.45) is 4.52. The van der Waals surface area contributed by atoms with Crippen molar-refractivity contribution in [3.8, 4) is 0 Å². The molecule has 5 nitrogen and oxygen atoms in total. The zero-order valence-electron chi connectivity index (χ0n) is 16.1. The Morgan fingerprint density at radius 3 is 2.17 bits per heavy atom. The van der Waals surface area contributed by atoms with Crippen LogP contribution in [0.1, 0.15) is 36.1 Å². The molecule has 1 aromatic heterocycles. The number of anilines is 1. The third-order valence-electron chi connectivity index (χ3n) is 4.43. The zero-order chi connectivity index (χ0) is 20.6. The highest BCUT2D eigenvalue weighted by molar-refractivity contribution is 9.10.